The standard InChI is InChI=1S/CH4.B.Cr.Fe.Ni.Si/h1H4;;;;;. The summed E-state index contributed by atoms with van der Waals surface area (Å²) in [6.07, 6.45) is 0. The molecular formula is CH4BCrFeNiSi. The van der Waals surface area contributed by atoms with Crippen LogP contribution in [0.15, 0.2) is 0 Å². The summed E-state index contributed by atoms with van der Waals surface area (Å²) in [7, 11) is 0. The minimum Gasteiger partial charge on any atom is -0.0776 e. The Hall–Kier alpha value is 1.83. The molecule has 5 heteroatoms. The molecule has 0 fully saturated rings. The second-order valence-electron chi connectivity index (χ2n) is 0. The van der Waals surface area contributed by atoms with Crippen molar-refractivity contribution in [2.45, 2.75) is 7.43 Å². The van der Waals surface area contributed by atoms with Crippen molar-refractivity contribution in [1.29, 1.82) is 0 Å². The maximum Gasteiger partial charge on any atom is 0 e. The Morgan fingerprint density at radius 3 is 1.00 bits per heavy atom. The largest absolute Gasteiger partial charge is 0.0776 e. The van der Waals surface area contributed by atoms with E-state index in [1.54, 1.807) is 0 Å². The first-order chi connectivity index (χ1) is 0. The number of hydrogen-bond donors (Lipinski definition) is 0. The summed E-state index contributed by atoms with van der Waals surface area (Å²) in [4.78, 5) is 0. The van der Waals surface area contributed by atoms with E-state index in [0.717, 1.165) is 0 Å². The molecule has 7 radical (unpaired) electrons. The zero-order chi connectivity index (χ0) is 0. The van der Waals surface area contributed by atoms with Crippen molar-refractivity contribution in [2.75, 3.05) is 0 Å². The maximum atomic E-state index is 0. The molecule has 0 amide bonds. The fraction of sp³-hybridized carbons (Fsp3) is 1.00. The zero-order valence-electron chi connectivity index (χ0n) is 2.16. The van der Waals surface area contributed by atoms with Crippen molar-refractivity contribution in [2.24, 2.45) is 0 Å². The van der Waals surface area contributed by atoms with E-state index in [-0.39, 0.29) is 77.7 Å². The monoisotopic (exact) mass is 221 g/mol. The van der Waals surface area contributed by atoms with Gasteiger partial charge in [0.1, 0.15) is 0 Å². The molecule has 0 atom stereocenters. The van der Waals surface area contributed by atoms with Gasteiger partial charge in [0.05, 0.1) is 0 Å². The van der Waals surface area contributed by atoms with Crippen LogP contribution in [0.2, 0.25) is 0 Å². The van der Waals surface area contributed by atoms with Gasteiger partial charge in [-0.15, -0.1) is 0 Å². The number of rotatable bonds is 0. The summed E-state index contributed by atoms with van der Waals surface area (Å²) < 4.78 is 0. The van der Waals surface area contributed by atoms with Crippen molar-refractivity contribution in [3.63, 3.8) is 0 Å². The van der Waals surface area contributed by atoms with Crippen LogP contribution in [-0.4, -0.2) is 19.4 Å². The Bertz CT molecular complexity index is 15.5. The van der Waals surface area contributed by atoms with Gasteiger partial charge in [-0.25, -0.2) is 0 Å². The Morgan fingerprint density at radius 1 is 1.00 bits per heavy atom. The molecule has 0 aromatic rings. The first-order valence-corrected chi connectivity index (χ1v) is 0. The van der Waals surface area contributed by atoms with Gasteiger partial charge >= 0.3 is 0 Å². The van der Waals surface area contributed by atoms with Crippen LogP contribution in [0.5, 0.6) is 0 Å². The van der Waals surface area contributed by atoms with Crippen molar-refractivity contribution < 1.29 is 50.9 Å². The van der Waals surface area contributed by atoms with E-state index in [9.17, 15) is 0 Å². The van der Waals surface area contributed by atoms with Gasteiger partial charge in [0.2, 0.25) is 0 Å². The van der Waals surface area contributed by atoms with Crippen LogP contribution in [-0.2, 0) is 50.9 Å². The minimum atomic E-state index is 0. The molecule has 0 heterocycles. The summed E-state index contributed by atoms with van der Waals surface area (Å²) in [6.45, 7) is 0. The predicted octanol–water partition coefficient (Wildman–Crippen LogP) is -0.133. The molecule has 0 unspecified atom stereocenters. The third-order valence-electron chi connectivity index (χ3n) is 0. The van der Waals surface area contributed by atoms with Crippen molar-refractivity contribution in [1.82, 2.24) is 0 Å². The van der Waals surface area contributed by atoms with E-state index in [4.69, 9.17) is 0 Å². The van der Waals surface area contributed by atoms with Crippen LogP contribution >= 0.6 is 0 Å². The van der Waals surface area contributed by atoms with Crippen LogP contribution in [0.25, 0.3) is 0 Å². The summed E-state index contributed by atoms with van der Waals surface area (Å²) in [5.74, 6) is 0. The third kappa shape index (κ3) is 40.7. The molecule has 0 aliphatic rings. The topological polar surface area (TPSA) is 0 Å². The summed E-state index contributed by atoms with van der Waals surface area (Å²) in [5, 5.41) is 0. The van der Waals surface area contributed by atoms with Gasteiger partial charge < -0.3 is 0 Å². The molecule has 0 bridgehead atoms. The van der Waals surface area contributed by atoms with Gasteiger partial charge in [-0.3, -0.25) is 0 Å². The predicted molar refractivity (Wildman–Crippen MR) is 18.2 cm³/mol. The third-order valence-corrected chi connectivity index (χ3v) is 0. The Kier molecular flexibility index (Phi) is 1260. The normalized spacial score (nSPS) is 0. The molecule has 0 aliphatic heterocycles. The molecule has 0 spiro atoms. The molecule has 0 saturated heterocycles. The average Bonchev–Trinajstić information content (AvgIpc) is 0. The van der Waals surface area contributed by atoms with Gasteiger partial charge in [0, 0.05) is 70.3 Å². The molecular weight excluding hydrogens is 217 g/mol. The van der Waals surface area contributed by atoms with Crippen LogP contribution in [0, 0.1) is 0 Å². The molecule has 39 valence electrons. The number of hydrogen-bond acceptors (Lipinski definition) is 0. The SMILES string of the molecule is C.[B].[Cr].[Fe].[Ni].[Si]. The van der Waals surface area contributed by atoms with Crippen molar-refractivity contribution >= 4 is 19.4 Å². The first kappa shape index (κ1) is 109. The van der Waals surface area contributed by atoms with Crippen molar-refractivity contribution in [3.05, 3.63) is 0 Å². The van der Waals surface area contributed by atoms with Gasteiger partial charge in [-0.05, 0) is 0 Å². The van der Waals surface area contributed by atoms with Crippen LogP contribution in [0.3, 0.4) is 0 Å². The van der Waals surface area contributed by atoms with E-state index in [0.29, 0.717) is 0 Å². The fourth-order valence-corrected chi connectivity index (χ4v) is 0. The second kappa shape index (κ2) is 69.4. The zero-order valence-corrected chi connectivity index (χ0v) is 6.52. The maximum absolute atomic E-state index is 0. The van der Waals surface area contributed by atoms with E-state index in [2.05, 4.69) is 0 Å². The quantitative estimate of drug-likeness (QED) is 0.500. The van der Waals surface area contributed by atoms with Gasteiger partial charge in [0.15, 0.2) is 0 Å². The van der Waals surface area contributed by atoms with Gasteiger partial charge in [0.25, 0.3) is 0 Å². The van der Waals surface area contributed by atoms with Crippen LogP contribution in [0.1, 0.15) is 7.43 Å². The Balaban J connectivity index is 0. The van der Waals surface area contributed by atoms with Crippen LogP contribution < -0.4 is 0 Å². The second-order valence-corrected chi connectivity index (χ2v) is 0. The first-order valence-electron chi connectivity index (χ1n) is 0. The summed E-state index contributed by atoms with van der Waals surface area (Å²) in [5.41, 5.74) is 0. The smallest absolute Gasteiger partial charge is 0 e. The molecule has 0 aromatic carbocycles. The fourth-order valence-electron chi connectivity index (χ4n) is 0. The molecule has 6 heavy (non-hydrogen) atoms. The average molecular weight is 221 g/mol. The minimum absolute atomic E-state index is 0. The molecule has 0 rings (SSSR count). The Labute approximate surface area is 77.4 Å². The Morgan fingerprint density at radius 2 is 1.00 bits per heavy atom. The van der Waals surface area contributed by atoms with Crippen LogP contribution in [0.4, 0.5) is 0 Å². The van der Waals surface area contributed by atoms with Gasteiger partial charge in [-0.1, -0.05) is 7.43 Å². The van der Waals surface area contributed by atoms with E-state index < -0.39 is 0 Å². The van der Waals surface area contributed by atoms with E-state index in [1.165, 1.54) is 0 Å². The molecule has 0 nitrogen and oxygen atoms in total. The van der Waals surface area contributed by atoms with E-state index in [1.807, 2.05) is 0 Å². The summed E-state index contributed by atoms with van der Waals surface area (Å²) >= 11 is 0. The van der Waals surface area contributed by atoms with Crippen molar-refractivity contribution in [3.8, 4) is 0 Å². The molecule has 0 saturated carbocycles. The molecule has 0 aromatic heterocycles. The molecule has 0 aliphatic carbocycles. The summed E-state index contributed by atoms with van der Waals surface area (Å²) in [6, 6.07) is 0. The van der Waals surface area contributed by atoms with Gasteiger partial charge in [-0.2, -0.15) is 0 Å². The molecule has 0 N–H and O–H groups in total. The van der Waals surface area contributed by atoms with E-state index >= 15 is 0 Å².